The van der Waals surface area contributed by atoms with E-state index in [9.17, 15) is 4.79 Å². The number of methoxy groups -OCH3 is 1. The van der Waals surface area contributed by atoms with E-state index >= 15 is 0 Å². The van der Waals surface area contributed by atoms with Crippen molar-refractivity contribution in [1.29, 1.82) is 0 Å². The number of carbonyl (C=O) groups is 1. The molecule has 0 aliphatic rings. The van der Waals surface area contributed by atoms with Gasteiger partial charge in [0.25, 0.3) is 0 Å². The minimum absolute atomic E-state index is 0.192. The van der Waals surface area contributed by atoms with E-state index in [0.29, 0.717) is 0 Å². The van der Waals surface area contributed by atoms with Crippen LogP contribution >= 0.6 is 47.0 Å². The smallest absolute Gasteiger partial charge is 0.408 e. The Morgan fingerprint density at radius 2 is 1.90 bits per heavy atom. The lowest BCUT2D eigenvalue weighted by Crippen LogP contribution is -2.56. The molecular weight excluding hydrogens is 357 g/mol. The Kier molecular flexibility index (Phi) is 6.80. The van der Waals surface area contributed by atoms with Gasteiger partial charge in [-0.1, -0.05) is 53.0 Å². The minimum atomic E-state index is -1.81. The molecule has 1 amide bonds. The van der Waals surface area contributed by atoms with Crippen LogP contribution in [0.25, 0.3) is 0 Å². The van der Waals surface area contributed by atoms with Crippen molar-refractivity contribution in [2.24, 2.45) is 0 Å². The summed E-state index contributed by atoms with van der Waals surface area (Å²) in [7, 11) is 1.20. The zero-order chi connectivity index (χ0) is 16.0. The molecule has 0 heterocycles. The number of anilines is 1. The molecule has 116 valence electrons. The number of alkyl carbamates (subject to hydrolysis) is 1. The molecule has 0 aliphatic heterocycles. The van der Waals surface area contributed by atoms with Crippen molar-refractivity contribution in [3.05, 3.63) is 29.8 Å². The summed E-state index contributed by atoms with van der Waals surface area (Å²) in [6.45, 7) is 1.92. The van der Waals surface area contributed by atoms with E-state index in [0.717, 1.165) is 11.3 Å². The lowest BCUT2D eigenvalue weighted by atomic mass is 10.2. The third-order valence-corrected chi connectivity index (χ3v) is 3.32. The summed E-state index contributed by atoms with van der Waals surface area (Å²) >= 11 is 22.5. The highest BCUT2D eigenvalue weighted by atomic mass is 35.6. The quantitative estimate of drug-likeness (QED) is 0.433. The Morgan fingerprint density at radius 1 is 1.29 bits per heavy atom. The van der Waals surface area contributed by atoms with E-state index in [1.54, 1.807) is 0 Å². The fourth-order valence-electron chi connectivity index (χ4n) is 1.38. The molecule has 3 N–H and O–H groups in total. The van der Waals surface area contributed by atoms with Crippen LogP contribution in [0.1, 0.15) is 5.56 Å². The predicted molar refractivity (Wildman–Crippen MR) is 90.2 cm³/mol. The molecule has 1 atom stereocenters. The maximum Gasteiger partial charge on any atom is 0.408 e. The standard InChI is InChI=1S/C12H14Cl3N3O2S/c1-7-5-3-4-6-8(7)16-10(21)17-9(12(13,14)15)18-11(19)20-2/h3-6,9H,1-2H3,(H,18,19)(H2,16,17,21)/t9-/m0/s1. The first-order valence-electron chi connectivity index (χ1n) is 5.78. The molecule has 0 aliphatic carbocycles. The molecule has 0 fully saturated rings. The number of rotatable bonds is 3. The normalized spacial score (nSPS) is 12.2. The van der Waals surface area contributed by atoms with Crippen LogP contribution in [-0.2, 0) is 4.74 Å². The number of aryl methyl sites for hydroxylation is 1. The van der Waals surface area contributed by atoms with Crippen LogP contribution in [-0.4, -0.2) is 28.3 Å². The highest BCUT2D eigenvalue weighted by molar-refractivity contribution is 7.80. The first-order valence-corrected chi connectivity index (χ1v) is 7.32. The number of ether oxygens (including phenoxy) is 1. The number of thiocarbonyl (C=S) groups is 1. The summed E-state index contributed by atoms with van der Waals surface area (Å²) in [5.74, 6) is 0. The number of para-hydroxylation sites is 1. The minimum Gasteiger partial charge on any atom is -0.453 e. The fraction of sp³-hybridized carbons (Fsp3) is 0.333. The van der Waals surface area contributed by atoms with Crippen molar-refractivity contribution in [3.8, 4) is 0 Å². The van der Waals surface area contributed by atoms with E-state index < -0.39 is 16.1 Å². The molecular formula is C12H14Cl3N3O2S. The van der Waals surface area contributed by atoms with Gasteiger partial charge >= 0.3 is 6.09 Å². The van der Waals surface area contributed by atoms with Gasteiger partial charge < -0.3 is 15.4 Å². The SMILES string of the molecule is COC(=O)N[C@H](NC(=S)Nc1ccccc1C)C(Cl)(Cl)Cl. The first-order chi connectivity index (χ1) is 9.74. The average Bonchev–Trinajstić information content (AvgIpc) is 2.39. The van der Waals surface area contributed by atoms with Gasteiger partial charge in [0.1, 0.15) is 0 Å². The van der Waals surface area contributed by atoms with Crippen LogP contribution in [0.4, 0.5) is 10.5 Å². The van der Waals surface area contributed by atoms with Crippen molar-refractivity contribution in [1.82, 2.24) is 10.6 Å². The van der Waals surface area contributed by atoms with Crippen molar-refractivity contribution in [3.63, 3.8) is 0 Å². The number of carbonyl (C=O) groups excluding carboxylic acids is 1. The average molecular weight is 371 g/mol. The van der Waals surface area contributed by atoms with Crippen LogP contribution in [0.15, 0.2) is 24.3 Å². The summed E-state index contributed by atoms with van der Waals surface area (Å²) in [4.78, 5) is 11.2. The summed E-state index contributed by atoms with van der Waals surface area (Å²) in [6.07, 6.45) is -1.81. The lowest BCUT2D eigenvalue weighted by Gasteiger charge is -2.27. The zero-order valence-electron chi connectivity index (χ0n) is 11.2. The Hall–Kier alpha value is -0.950. The van der Waals surface area contributed by atoms with Crippen LogP contribution in [0, 0.1) is 6.92 Å². The molecule has 9 heteroatoms. The number of halogens is 3. The number of benzene rings is 1. The summed E-state index contributed by atoms with van der Waals surface area (Å²) < 4.78 is 2.65. The zero-order valence-corrected chi connectivity index (χ0v) is 14.3. The monoisotopic (exact) mass is 369 g/mol. The Balaban J connectivity index is 2.73. The van der Waals surface area contributed by atoms with Gasteiger partial charge in [-0.15, -0.1) is 0 Å². The van der Waals surface area contributed by atoms with E-state index in [2.05, 4.69) is 20.7 Å². The van der Waals surface area contributed by atoms with Crippen LogP contribution in [0.5, 0.6) is 0 Å². The summed E-state index contributed by atoms with van der Waals surface area (Å²) in [5.41, 5.74) is 1.80. The third kappa shape index (κ3) is 6.13. The van der Waals surface area contributed by atoms with Gasteiger partial charge in [-0.05, 0) is 30.8 Å². The molecule has 5 nitrogen and oxygen atoms in total. The molecule has 21 heavy (non-hydrogen) atoms. The highest BCUT2D eigenvalue weighted by Gasteiger charge is 2.35. The number of amides is 1. The van der Waals surface area contributed by atoms with Crippen molar-refractivity contribution >= 4 is 63.9 Å². The topological polar surface area (TPSA) is 62.4 Å². The van der Waals surface area contributed by atoms with Crippen molar-refractivity contribution in [2.75, 3.05) is 12.4 Å². The van der Waals surface area contributed by atoms with E-state index in [4.69, 9.17) is 47.0 Å². The van der Waals surface area contributed by atoms with Crippen LogP contribution < -0.4 is 16.0 Å². The van der Waals surface area contributed by atoms with Gasteiger partial charge in [-0.2, -0.15) is 0 Å². The van der Waals surface area contributed by atoms with Gasteiger partial charge in [-0.3, -0.25) is 5.32 Å². The lowest BCUT2D eigenvalue weighted by molar-refractivity contribution is 0.166. The third-order valence-electron chi connectivity index (χ3n) is 2.44. The Morgan fingerprint density at radius 3 is 2.43 bits per heavy atom. The van der Waals surface area contributed by atoms with E-state index in [-0.39, 0.29) is 5.11 Å². The predicted octanol–water partition coefficient (Wildman–Crippen LogP) is 3.33. The Labute approximate surface area is 143 Å². The van der Waals surface area contributed by atoms with Crippen LogP contribution in [0.3, 0.4) is 0 Å². The molecule has 0 radical (unpaired) electrons. The fourth-order valence-corrected chi connectivity index (χ4v) is 1.93. The van der Waals surface area contributed by atoms with Gasteiger partial charge in [-0.25, -0.2) is 4.79 Å². The number of hydrogen-bond acceptors (Lipinski definition) is 3. The molecule has 0 bridgehead atoms. The first kappa shape index (κ1) is 18.1. The van der Waals surface area contributed by atoms with Gasteiger partial charge in [0, 0.05) is 5.69 Å². The van der Waals surface area contributed by atoms with Gasteiger partial charge in [0.2, 0.25) is 3.79 Å². The van der Waals surface area contributed by atoms with E-state index in [1.807, 2.05) is 31.2 Å². The van der Waals surface area contributed by atoms with E-state index in [1.165, 1.54) is 7.11 Å². The molecule has 0 unspecified atom stereocenters. The molecule has 0 saturated heterocycles. The molecule has 0 saturated carbocycles. The second-order valence-corrected chi connectivity index (χ2v) is 6.80. The number of hydrogen-bond donors (Lipinski definition) is 3. The maximum atomic E-state index is 11.2. The van der Waals surface area contributed by atoms with Gasteiger partial charge in [0.05, 0.1) is 7.11 Å². The molecule has 0 spiro atoms. The molecule has 1 rings (SSSR count). The largest absolute Gasteiger partial charge is 0.453 e. The van der Waals surface area contributed by atoms with Crippen LogP contribution in [0.2, 0.25) is 0 Å². The number of alkyl halides is 3. The highest BCUT2D eigenvalue weighted by Crippen LogP contribution is 2.29. The second-order valence-electron chi connectivity index (χ2n) is 4.02. The van der Waals surface area contributed by atoms with Crippen molar-refractivity contribution < 1.29 is 9.53 Å². The number of nitrogens with one attached hydrogen (secondary N) is 3. The van der Waals surface area contributed by atoms with Gasteiger partial charge in [0.15, 0.2) is 11.3 Å². The summed E-state index contributed by atoms with van der Waals surface area (Å²) in [6, 6.07) is 7.53. The Bertz CT molecular complexity index is 523. The molecule has 1 aromatic rings. The molecule has 1 aromatic carbocycles. The summed E-state index contributed by atoms with van der Waals surface area (Å²) in [5, 5.41) is 8.20. The second kappa shape index (κ2) is 7.89. The maximum absolute atomic E-state index is 11.2. The molecule has 0 aromatic heterocycles. The van der Waals surface area contributed by atoms with Crippen molar-refractivity contribution in [2.45, 2.75) is 16.9 Å².